The lowest BCUT2D eigenvalue weighted by Gasteiger charge is -2.03. The Morgan fingerprint density at radius 1 is 1.40 bits per heavy atom. The third-order valence-electron chi connectivity index (χ3n) is 2.41. The van der Waals surface area contributed by atoms with Crippen LogP contribution in [0.1, 0.15) is 10.6 Å². The van der Waals surface area contributed by atoms with Crippen molar-refractivity contribution in [2.24, 2.45) is 0 Å². The number of thioether (sulfide) groups is 1. The van der Waals surface area contributed by atoms with Crippen LogP contribution in [0.5, 0.6) is 0 Å². The summed E-state index contributed by atoms with van der Waals surface area (Å²) in [7, 11) is -3.37. The molecule has 5 nitrogen and oxygen atoms in total. The Morgan fingerprint density at radius 3 is 2.85 bits per heavy atom. The van der Waals surface area contributed by atoms with Gasteiger partial charge in [0, 0.05) is 5.75 Å². The number of aromatic nitrogens is 2. The van der Waals surface area contributed by atoms with Crippen molar-refractivity contribution >= 4 is 32.9 Å². The van der Waals surface area contributed by atoms with E-state index in [1.807, 2.05) is 13.0 Å². The van der Waals surface area contributed by atoms with Gasteiger partial charge in [-0.2, -0.15) is 5.26 Å². The summed E-state index contributed by atoms with van der Waals surface area (Å²) in [5.74, 6) is 0.416. The van der Waals surface area contributed by atoms with Crippen molar-refractivity contribution in [3.8, 4) is 6.07 Å². The third-order valence-corrected chi connectivity index (χ3v) is 6.35. The van der Waals surface area contributed by atoms with Crippen molar-refractivity contribution in [3.05, 3.63) is 34.8 Å². The first-order valence-electron chi connectivity index (χ1n) is 5.67. The van der Waals surface area contributed by atoms with Crippen LogP contribution in [0, 0.1) is 18.3 Å². The second kappa shape index (κ2) is 6.35. The van der Waals surface area contributed by atoms with Gasteiger partial charge in [0.15, 0.2) is 14.2 Å². The van der Waals surface area contributed by atoms with Crippen LogP contribution in [0.2, 0.25) is 0 Å². The van der Waals surface area contributed by atoms with Crippen LogP contribution < -0.4 is 0 Å². The predicted octanol–water partition coefficient (Wildman–Crippen LogP) is 2.28. The van der Waals surface area contributed by atoms with E-state index in [4.69, 9.17) is 5.26 Å². The Balaban J connectivity index is 2.02. The molecular weight excluding hydrogens is 314 g/mol. The summed E-state index contributed by atoms with van der Waals surface area (Å²) in [5.41, 5.74) is 0.346. The van der Waals surface area contributed by atoms with Crippen LogP contribution in [0.3, 0.4) is 0 Å². The first-order chi connectivity index (χ1) is 9.51. The molecule has 0 fully saturated rings. The molecule has 0 N–H and O–H groups in total. The number of aryl methyl sites for hydroxylation is 1. The highest BCUT2D eigenvalue weighted by atomic mass is 32.2. The molecule has 104 valence electrons. The van der Waals surface area contributed by atoms with Crippen molar-refractivity contribution < 1.29 is 8.42 Å². The van der Waals surface area contributed by atoms with Crippen molar-refractivity contribution in [2.75, 3.05) is 11.5 Å². The molecule has 0 radical (unpaired) electrons. The lowest BCUT2D eigenvalue weighted by atomic mass is 10.2. The van der Waals surface area contributed by atoms with Crippen LogP contribution in [0.4, 0.5) is 0 Å². The highest BCUT2D eigenvalue weighted by molar-refractivity contribution is 8.02. The highest BCUT2D eigenvalue weighted by Crippen LogP contribution is 2.23. The van der Waals surface area contributed by atoms with E-state index in [0.717, 1.165) is 9.35 Å². The molecule has 0 unspecified atom stereocenters. The molecule has 0 aliphatic rings. The average Bonchev–Trinajstić information content (AvgIpc) is 2.84. The molecule has 2 rings (SSSR count). The summed E-state index contributed by atoms with van der Waals surface area (Å²) >= 11 is 2.82. The Hall–Kier alpha value is -1.43. The number of rotatable bonds is 5. The third kappa shape index (κ3) is 3.79. The van der Waals surface area contributed by atoms with Gasteiger partial charge >= 0.3 is 0 Å². The Morgan fingerprint density at radius 2 is 2.20 bits per heavy atom. The minimum absolute atomic E-state index is 0.00514. The maximum Gasteiger partial charge on any atom is 0.179 e. The first kappa shape index (κ1) is 15.0. The number of benzene rings is 1. The molecule has 20 heavy (non-hydrogen) atoms. The van der Waals surface area contributed by atoms with Gasteiger partial charge in [-0.05, 0) is 25.1 Å². The van der Waals surface area contributed by atoms with Gasteiger partial charge in [-0.25, -0.2) is 8.42 Å². The Kier molecular flexibility index (Phi) is 4.75. The minimum Gasteiger partial charge on any atom is -0.224 e. The molecule has 0 aliphatic carbocycles. The van der Waals surface area contributed by atoms with E-state index in [0.29, 0.717) is 11.3 Å². The van der Waals surface area contributed by atoms with Crippen molar-refractivity contribution in [1.82, 2.24) is 10.2 Å². The number of nitrogens with zero attached hydrogens (tertiary/aromatic N) is 3. The normalized spacial score (nSPS) is 11.2. The van der Waals surface area contributed by atoms with Gasteiger partial charge in [0.1, 0.15) is 5.01 Å². The first-order valence-corrected chi connectivity index (χ1v) is 9.12. The zero-order valence-corrected chi connectivity index (χ0v) is 13.1. The van der Waals surface area contributed by atoms with Crippen LogP contribution in [-0.2, 0) is 9.84 Å². The van der Waals surface area contributed by atoms with Crippen LogP contribution in [0.15, 0.2) is 33.5 Å². The molecule has 0 bridgehead atoms. The lowest BCUT2D eigenvalue weighted by molar-refractivity contribution is 0.597. The number of sulfone groups is 1. The molecule has 1 heterocycles. The maximum absolute atomic E-state index is 12.1. The lowest BCUT2D eigenvalue weighted by Crippen LogP contribution is -2.09. The average molecular weight is 325 g/mol. The van der Waals surface area contributed by atoms with Crippen LogP contribution in [0.25, 0.3) is 0 Å². The fourth-order valence-electron chi connectivity index (χ4n) is 1.45. The van der Waals surface area contributed by atoms with Gasteiger partial charge in [0.25, 0.3) is 0 Å². The molecule has 0 spiro atoms. The highest BCUT2D eigenvalue weighted by Gasteiger charge is 2.15. The zero-order chi connectivity index (χ0) is 14.6. The minimum atomic E-state index is -3.37. The smallest absolute Gasteiger partial charge is 0.179 e. The number of hydrogen-bond donors (Lipinski definition) is 0. The van der Waals surface area contributed by atoms with E-state index in [9.17, 15) is 8.42 Å². The van der Waals surface area contributed by atoms with E-state index in [1.54, 1.807) is 12.1 Å². The zero-order valence-electron chi connectivity index (χ0n) is 10.6. The van der Waals surface area contributed by atoms with Crippen LogP contribution >= 0.6 is 23.1 Å². The van der Waals surface area contributed by atoms with Crippen LogP contribution in [-0.4, -0.2) is 30.1 Å². The molecule has 1 aromatic heterocycles. The molecule has 8 heteroatoms. The fourth-order valence-corrected chi connectivity index (χ4v) is 5.03. The van der Waals surface area contributed by atoms with Gasteiger partial charge < -0.3 is 0 Å². The van der Waals surface area contributed by atoms with E-state index < -0.39 is 9.84 Å². The monoisotopic (exact) mass is 325 g/mol. The Bertz CT molecular complexity index is 747. The molecule has 1 aromatic carbocycles. The fraction of sp³-hybridized carbons (Fsp3) is 0.250. The van der Waals surface area contributed by atoms with E-state index >= 15 is 0 Å². The topological polar surface area (TPSA) is 83.7 Å². The van der Waals surface area contributed by atoms with E-state index in [-0.39, 0.29) is 10.6 Å². The molecule has 0 atom stereocenters. The second-order valence-corrected chi connectivity index (χ2v) is 8.53. The van der Waals surface area contributed by atoms with Crippen molar-refractivity contribution in [2.45, 2.75) is 16.2 Å². The number of hydrogen-bond acceptors (Lipinski definition) is 7. The summed E-state index contributed by atoms with van der Waals surface area (Å²) in [4.78, 5) is 0.186. The summed E-state index contributed by atoms with van der Waals surface area (Å²) < 4.78 is 25.0. The van der Waals surface area contributed by atoms with Crippen molar-refractivity contribution in [1.29, 1.82) is 5.26 Å². The SMILES string of the molecule is Cc1nnc(SCCS(=O)(=O)c2cccc(C#N)c2)s1. The van der Waals surface area contributed by atoms with Gasteiger partial charge in [-0.1, -0.05) is 29.2 Å². The summed E-state index contributed by atoms with van der Waals surface area (Å²) in [6.45, 7) is 1.85. The molecule has 2 aromatic rings. The summed E-state index contributed by atoms with van der Waals surface area (Å²) in [5, 5.41) is 17.5. The quantitative estimate of drug-likeness (QED) is 0.784. The van der Waals surface area contributed by atoms with E-state index in [1.165, 1.54) is 35.2 Å². The molecule has 0 amide bonds. The maximum atomic E-state index is 12.1. The van der Waals surface area contributed by atoms with Gasteiger partial charge in [0.05, 0.1) is 22.3 Å². The molecule has 0 aliphatic heterocycles. The van der Waals surface area contributed by atoms with Gasteiger partial charge in [-0.15, -0.1) is 10.2 Å². The number of nitriles is 1. The van der Waals surface area contributed by atoms with E-state index in [2.05, 4.69) is 10.2 Å². The predicted molar refractivity (Wildman–Crippen MR) is 78.6 cm³/mol. The summed E-state index contributed by atoms with van der Waals surface area (Å²) in [6.07, 6.45) is 0. The molecular formula is C12H11N3O2S3. The van der Waals surface area contributed by atoms with Gasteiger partial charge in [0.2, 0.25) is 0 Å². The standard InChI is InChI=1S/C12H11N3O2S3/c1-9-14-15-12(19-9)18-5-6-20(16,17)11-4-2-3-10(7-11)8-13/h2-4,7H,5-6H2,1H3. The second-order valence-electron chi connectivity index (χ2n) is 3.89. The van der Waals surface area contributed by atoms with Crippen molar-refractivity contribution in [3.63, 3.8) is 0 Å². The molecule has 0 saturated heterocycles. The largest absolute Gasteiger partial charge is 0.224 e. The summed E-state index contributed by atoms with van der Waals surface area (Å²) in [6, 6.07) is 8.00. The van der Waals surface area contributed by atoms with Gasteiger partial charge in [-0.3, -0.25) is 0 Å². The molecule has 0 saturated carbocycles. The Labute approximate surface area is 125 Å².